The van der Waals surface area contributed by atoms with E-state index in [1.54, 1.807) is 21.1 Å². The van der Waals surface area contributed by atoms with Crippen molar-refractivity contribution in [1.82, 2.24) is 5.32 Å². The van der Waals surface area contributed by atoms with E-state index in [1.807, 2.05) is 24.3 Å². The second-order valence-corrected chi connectivity index (χ2v) is 4.11. The summed E-state index contributed by atoms with van der Waals surface area (Å²) < 4.78 is 10.3. The van der Waals surface area contributed by atoms with Crippen molar-refractivity contribution in [2.75, 3.05) is 14.2 Å². The summed E-state index contributed by atoms with van der Waals surface area (Å²) in [5.74, 6) is 1.17. The fourth-order valence-corrected chi connectivity index (χ4v) is 1.64. The fraction of sp³-hybridized carbons (Fsp3) is 0.429. The van der Waals surface area contributed by atoms with E-state index in [0.717, 1.165) is 5.56 Å². The number of ether oxygens (including phenoxy) is 2. The number of nitrogens with one attached hydrogen (secondary N) is 1. The van der Waals surface area contributed by atoms with E-state index in [9.17, 15) is 4.79 Å². The van der Waals surface area contributed by atoms with Crippen LogP contribution in [-0.2, 0) is 11.2 Å². The third kappa shape index (κ3) is 4.51. The number of aryl methyl sites for hydroxylation is 1. The number of carbonyl (C=O) groups excluding carboxylic acids is 1. The molecule has 1 amide bonds. The van der Waals surface area contributed by atoms with E-state index in [0.29, 0.717) is 24.3 Å². The zero-order chi connectivity index (χ0) is 14.3. The summed E-state index contributed by atoms with van der Waals surface area (Å²) in [6.07, 6.45) is 0.922. The first-order chi connectivity index (χ1) is 9.10. The highest BCUT2D eigenvalue weighted by atomic mass is 16.5. The Labute approximate surface area is 113 Å². The van der Waals surface area contributed by atoms with Crippen LogP contribution in [0.25, 0.3) is 0 Å². The highest BCUT2D eigenvalue weighted by Crippen LogP contribution is 2.27. The molecule has 0 fully saturated rings. The Kier molecular flexibility index (Phi) is 5.68. The van der Waals surface area contributed by atoms with Gasteiger partial charge in [0.05, 0.1) is 20.3 Å². The molecular weight excluding hydrogens is 244 g/mol. The maximum Gasteiger partial charge on any atom is 0.221 e. The van der Waals surface area contributed by atoms with E-state index in [2.05, 4.69) is 5.32 Å². The number of carbonyl (C=O) groups is 1. The molecule has 1 unspecified atom stereocenters. The third-order valence-electron chi connectivity index (χ3n) is 2.66. The van der Waals surface area contributed by atoms with Crippen LogP contribution in [0.1, 0.15) is 18.9 Å². The SMILES string of the molecule is COc1ccc(CCC(=O)NC(C)C#N)cc1OC. The number of nitriles is 1. The van der Waals surface area contributed by atoms with Crippen molar-refractivity contribution in [1.29, 1.82) is 5.26 Å². The molecule has 0 aliphatic rings. The standard InChI is InChI=1S/C14H18N2O3/c1-10(9-15)16-14(17)7-5-11-4-6-12(18-2)13(8-11)19-3/h4,6,8,10H,5,7H2,1-3H3,(H,16,17). The molecule has 0 radical (unpaired) electrons. The summed E-state index contributed by atoms with van der Waals surface area (Å²) in [5, 5.41) is 11.2. The van der Waals surface area contributed by atoms with Crippen molar-refractivity contribution in [2.45, 2.75) is 25.8 Å². The molecule has 5 heteroatoms. The topological polar surface area (TPSA) is 71.3 Å². The summed E-state index contributed by atoms with van der Waals surface area (Å²) in [4.78, 5) is 11.5. The van der Waals surface area contributed by atoms with Gasteiger partial charge in [-0.25, -0.2) is 0 Å². The van der Waals surface area contributed by atoms with Gasteiger partial charge in [0.25, 0.3) is 0 Å². The monoisotopic (exact) mass is 262 g/mol. The largest absolute Gasteiger partial charge is 0.493 e. The second kappa shape index (κ2) is 7.27. The fourth-order valence-electron chi connectivity index (χ4n) is 1.64. The lowest BCUT2D eigenvalue weighted by Gasteiger charge is -2.10. The van der Waals surface area contributed by atoms with E-state index in [4.69, 9.17) is 14.7 Å². The lowest BCUT2D eigenvalue weighted by atomic mass is 10.1. The van der Waals surface area contributed by atoms with Crippen molar-refractivity contribution in [2.24, 2.45) is 0 Å². The van der Waals surface area contributed by atoms with Crippen molar-refractivity contribution >= 4 is 5.91 Å². The number of rotatable bonds is 6. The number of methoxy groups -OCH3 is 2. The molecule has 102 valence electrons. The van der Waals surface area contributed by atoms with Crippen LogP contribution in [-0.4, -0.2) is 26.2 Å². The molecule has 0 saturated heterocycles. The summed E-state index contributed by atoms with van der Waals surface area (Å²) in [5.41, 5.74) is 0.984. The Morgan fingerprint density at radius 1 is 1.37 bits per heavy atom. The minimum absolute atomic E-state index is 0.135. The molecular formula is C14H18N2O3. The van der Waals surface area contributed by atoms with Gasteiger partial charge in [-0.05, 0) is 31.0 Å². The first-order valence-corrected chi connectivity index (χ1v) is 6.00. The van der Waals surface area contributed by atoms with Crippen LogP contribution in [0.15, 0.2) is 18.2 Å². The van der Waals surface area contributed by atoms with Gasteiger partial charge >= 0.3 is 0 Å². The molecule has 1 rings (SSSR count). The molecule has 5 nitrogen and oxygen atoms in total. The number of nitrogens with zero attached hydrogens (tertiary/aromatic N) is 1. The molecule has 0 saturated carbocycles. The van der Waals surface area contributed by atoms with Gasteiger partial charge in [0.2, 0.25) is 5.91 Å². The van der Waals surface area contributed by atoms with Crippen LogP contribution in [0.5, 0.6) is 11.5 Å². The Morgan fingerprint density at radius 3 is 2.63 bits per heavy atom. The number of benzene rings is 1. The minimum Gasteiger partial charge on any atom is -0.493 e. The molecule has 0 aromatic heterocycles. The molecule has 0 aliphatic carbocycles. The van der Waals surface area contributed by atoms with Crippen LogP contribution in [0, 0.1) is 11.3 Å². The smallest absolute Gasteiger partial charge is 0.221 e. The predicted molar refractivity (Wildman–Crippen MR) is 71.1 cm³/mol. The van der Waals surface area contributed by atoms with Gasteiger partial charge < -0.3 is 14.8 Å². The Morgan fingerprint density at radius 2 is 2.05 bits per heavy atom. The Balaban J connectivity index is 2.59. The van der Waals surface area contributed by atoms with Crippen LogP contribution in [0.3, 0.4) is 0 Å². The number of amides is 1. The highest BCUT2D eigenvalue weighted by molar-refractivity contribution is 5.76. The van der Waals surface area contributed by atoms with Crippen molar-refractivity contribution in [3.05, 3.63) is 23.8 Å². The van der Waals surface area contributed by atoms with Crippen LogP contribution in [0.4, 0.5) is 0 Å². The molecule has 19 heavy (non-hydrogen) atoms. The molecule has 1 N–H and O–H groups in total. The van der Waals surface area contributed by atoms with Gasteiger partial charge in [0.1, 0.15) is 6.04 Å². The zero-order valence-corrected chi connectivity index (χ0v) is 11.4. The van der Waals surface area contributed by atoms with E-state index in [1.165, 1.54) is 0 Å². The quantitative estimate of drug-likeness (QED) is 0.846. The summed E-state index contributed by atoms with van der Waals surface area (Å²) >= 11 is 0. The maximum absolute atomic E-state index is 11.5. The number of hydrogen-bond donors (Lipinski definition) is 1. The molecule has 1 aromatic rings. The first kappa shape index (κ1) is 14.8. The number of hydrogen-bond acceptors (Lipinski definition) is 4. The van der Waals surface area contributed by atoms with E-state index >= 15 is 0 Å². The van der Waals surface area contributed by atoms with Gasteiger partial charge in [0.15, 0.2) is 11.5 Å². The summed E-state index contributed by atoms with van der Waals surface area (Å²) in [6.45, 7) is 1.65. The maximum atomic E-state index is 11.5. The summed E-state index contributed by atoms with van der Waals surface area (Å²) in [6, 6.07) is 7.05. The lowest BCUT2D eigenvalue weighted by molar-refractivity contribution is -0.121. The molecule has 1 atom stereocenters. The molecule has 0 aliphatic heterocycles. The van der Waals surface area contributed by atoms with Crippen LogP contribution in [0.2, 0.25) is 0 Å². The van der Waals surface area contributed by atoms with Crippen molar-refractivity contribution in [3.63, 3.8) is 0 Å². The van der Waals surface area contributed by atoms with Gasteiger partial charge in [-0.2, -0.15) is 5.26 Å². The normalized spacial score (nSPS) is 11.3. The third-order valence-corrected chi connectivity index (χ3v) is 2.66. The van der Waals surface area contributed by atoms with Gasteiger partial charge in [-0.3, -0.25) is 4.79 Å². The van der Waals surface area contributed by atoms with Gasteiger partial charge in [-0.15, -0.1) is 0 Å². The van der Waals surface area contributed by atoms with Crippen LogP contribution >= 0.6 is 0 Å². The van der Waals surface area contributed by atoms with Crippen LogP contribution < -0.4 is 14.8 Å². The highest BCUT2D eigenvalue weighted by Gasteiger charge is 2.08. The predicted octanol–water partition coefficient (Wildman–Crippen LogP) is 1.66. The molecule has 0 spiro atoms. The summed E-state index contributed by atoms with van der Waals surface area (Å²) in [7, 11) is 3.15. The second-order valence-electron chi connectivity index (χ2n) is 4.11. The Hall–Kier alpha value is -2.22. The first-order valence-electron chi connectivity index (χ1n) is 6.00. The average Bonchev–Trinajstić information content (AvgIpc) is 2.44. The zero-order valence-electron chi connectivity index (χ0n) is 11.4. The molecule has 0 heterocycles. The molecule has 1 aromatic carbocycles. The van der Waals surface area contributed by atoms with E-state index in [-0.39, 0.29) is 5.91 Å². The lowest BCUT2D eigenvalue weighted by Crippen LogP contribution is -2.31. The van der Waals surface area contributed by atoms with Crippen molar-refractivity contribution < 1.29 is 14.3 Å². The van der Waals surface area contributed by atoms with Gasteiger partial charge in [-0.1, -0.05) is 6.07 Å². The Bertz CT molecular complexity index is 480. The average molecular weight is 262 g/mol. The van der Waals surface area contributed by atoms with E-state index < -0.39 is 6.04 Å². The van der Waals surface area contributed by atoms with Gasteiger partial charge in [0, 0.05) is 6.42 Å². The minimum atomic E-state index is -0.460. The van der Waals surface area contributed by atoms with Crippen molar-refractivity contribution in [3.8, 4) is 17.6 Å². The molecule has 0 bridgehead atoms.